The van der Waals surface area contributed by atoms with Crippen LogP contribution in [0.25, 0.3) is 0 Å². The predicted molar refractivity (Wildman–Crippen MR) is 44.7 cm³/mol. The molecule has 2 unspecified atom stereocenters. The van der Waals surface area contributed by atoms with Crippen molar-refractivity contribution in [3.8, 4) is 0 Å². The van der Waals surface area contributed by atoms with Crippen LogP contribution in [-0.2, 0) is 4.79 Å². The lowest BCUT2D eigenvalue weighted by Crippen LogP contribution is -2.33. The van der Waals surface area contributed by atoms with E-state index in [0.717, 1.165) is 19.3 Å². The quantitative estimate of drug-likeness (QED) is 0.702. The van der Waals surface area contributed by atoms with Crippen LogP contribution in [0.2, 0.25) is 0 Å². The van der Waals surface area contributed by atoms with E-state index in [9.17, 15) is 4.79 Å². The number of rotatable bonds is 3. The minimum atomic E-state index is -0.565. The Morgan fingerprint density at radius 3 is 2.36 bits per heavy atom. The Morgan fingerprint density at radius 1 is 1.45 bits per heavy atom. The summed E-state index contributed by atoms with van der Waals surface area (Å²) in [7, 11) is 0. The van der Waals surface area contributed by atoms with E-state index in [1.807, 2.05) is 11.8 Å². The summed E-state index contributed by atoms with van der Waals surface area (Å²) in [6, 6.07) is 0. The summed E-state index contributed by atoms with van der Waals surface area (Å²) in [4.78, 5) is 10.8. The van der Waals surface area contributed by atoms with Gasteiger partial charge in [0.2, 0.25) is 0 Å². The van der Waals surface area contributed by atoms with Gasteiger partial charge in [-0.05, 0) is 30.9 Å². The van der Waals surface area contributed by atoms with Gasteiger partial charge in [-0.3, -0.25) is 4.79 Å². The molecule has 1 saturated heterocycles. The monoisotopic (exact) mass is 172 g/mol. The third-order valence-electron chi connectivity index (χ3n) is 2.55. The molecule has 0 bridgehead atoms. The Balaban J connectivity index is 1.96. The number of carbonyl (C=O) groups is 1. The zero-order valence-electron chi connectivity index (χ0n) is 6.32. The first-order valence-corrected chi connectivity index (χ1v) is 5.18. The molecule has 0 radical (unpaired) electrons. The summed E-state index contributed by atoms with van der Waals surface area (Å²) in [5.41, 5.74) is 0. The summed E-state index contributed by atoms with van der Waals surface area (Å²) in [6.07, 6.45) is 3.42. The van der Waals surface area contributed by atoms with Gasteiger partial charge in [-0.1, -0.05) is 0 Å². The van der Waals surface area contributed by atoms with E-state index in [-0.39, 0.29) is 5.92 Å². The fourth-order valence-corrected chi connectivity index (χ4v) is 2.71. The highest BCUT2D eigenvalue weighted by Gasteiger charge is 2.43. The smallest absolute Gasteiger partial charge is 0.307 e. The van der Waals surface area contributed by atoms with Gasteiger partial charge >= 0.3 is 5.97 Å². The van der Waals surface area contributed by atoms with Crippen molar-refractivity contribution in [3.63, 3.8) is 0 Å². The molecule has 62 valence electrons. The molecule has 2 nitrogen and oxygen atoms in total. The molecule has 2 rings (SSSR count). The van der Waals surface area contributed by atoms with Crippen molar-refractivity contribution in [2.45, 2.75) is 24.5 Å². The fourth-order valence-electron chi connectivity index (χ4n) is 1.66. The lowest BCUT2D eigenvalue weighted by molar-refractivity contribution is -0.142. The van der Waals surface area contributed by atoms with Crippen molar-refractivity contribution in [3.05, 3.63) is 0 Å². The molecular formula is C8H12O2S. The second kappa shape index (κ2) is 2.70. The fraction of sp³-hybridized carbons (Fsp3) is 0.875. The lowest BCUT2D eigenvalue weighted by Gasteiger charge is -2.30. The second-order valence-corrected chi connectivity index (χ2v) is 4.75. The Morgan fingerprint density at radius 2 is 2.09 bits per heavy atom. The van der Waals surface area contributed by atoms with Crippen LogP contribution in [0.1, 0.15) is 19.3 Å². The van der Waals surface area contributed by atoms with Crippen LogP contribution in [0.15, 0.2) is 0 Å². The Kier molecular flexibility index (Phi) is 1.83. The highest BCUT2D eigenvalue weighted by molar-refractivity contribution is 8.01. The lowest BCUT2D eigenvalue weighted by atomic mass is 9.97. The average Bonchev–Trinajstić information content (AvgIpc) is 2.58. The molecule has 3 heteroatoms. The molecule has 1 saturated carbocycles. The van der Waals surface area contributed by atoms with Gasteiger partial charge in [-0.15, -0.1) is 0 Å². The SMILES string of the molecule is O=C(O)C(C1CC1)C1CCS1. The van der Waals surface area contributed by atoms with Crippen molar-refractivity contribution in [1.82, 2.24) is 0 Å². The largest absolute Gasteiger partial charge is 0.481 e. The number of hydrogen-bond acceptors (Lipinski definition) is 2. The highest BCUT2D eigenvalue weighted by atomic mass is 32.2. The Hall–Kier alpha value is -0.180. The zero-order valence-corrected chi connectivity index (χ0v) is 7.14. The molecule has 2 atom stereocenters. The van der Waals surface area contributed by atoms with Crippen molar-refractivity contribution >= 4 is 17.7 Å². The second-order valence-electron chi connectivity index (χ2n) is 3.40. The zero-order chi connectivity index (χ0) is 7.84. The van der Waals surface area contributed by atoms with E-state index in [4.69, 9.17) is 5.11 Å². The maximum Gasteiger partial charge on any atom is 0.307 e. The van der Waals surface area contributed by atoms with E-state index >= 15 is 0 Å². The first-order chi connectivity index (χ1) is 5.29. The van der Waals surface area contributed by atoms with Gasteiger partial charge in [0.15, 0.2) is 0 Å². The van der Waals surface area contributed by atoms with Crippen LogP contribution < -0.4 is 0 Å². The number of carboxylic acid groups (broad SMARTS) is 1. The Bertz CT molecular complexity index is 173. The molecular weight excluding hydrogens is 160 g/mol. The third kappa shape index (κ3) is 1.39. The van der Waals surface area contributed by atoms with E-state index in [1.54, 1.807) is 0 Å². The molecule has 0 spiro atoms. The van der Waals surface area contributed by atoms with Crippen LogP contribution in [0.4, 0.5) is 0 Å². The minimum absolute atomic E-state index is 0.0197. The molecule has 1 aliphatic heterocycles. The molecule has 0 aromatic rings. The van der Waals surface area contributed by atoms with Crippen LogP contribution in [-0.4, -0.2) is 22.1 Å². The summed E-state index contributed by atoms with van der Waals surface area (Å²) in [5.74, 6) is 1.10. The van der Waals surface area contributed by atoms with E-state index in [1.165, 1.54) is 5.75 Å². The van der Waals surface area contributed by atoms with Gasteiger partial charge in [0.25, 0.3) is 0 Å². The maximum absolute atomic E-state index is 10.8. The first-order valence-electron chi connectivity index (χ1n) is 4.13. The predicted octanol–water partition coefficient (Wildman–Crippen LogP) is 1.60. The van der Waals surface area contributed by atoms with Gasteiger partial charge in [0.05, 0.1) is 5.92 Å². The van der Waals surface area contributed by atoms with Crippen molar-refractivity contribution in [2.24, 2.45) is 11.8 Å². The third-order valence-corrected chi connectivity index (χ3v) is 3.98. The molecule has 1 aliphatic carbocycles. The number of carboxylic acids is 1. The van der Waals surface area contributed by atoms with Gasteiger partial charge < -0.3 is 5.11 Å². The molecule has 0 amide bonds. The molecule has 1 N–H and O–H groups in total. The van der Waals surface area contributed by atoms with Crippen LogP contribution in [0.5, 0.6) is 0 Å². The van der Waals surface area contributed by atoms with Crippen molar-refractivity contribution in [2.75, 3.05) is 5.75 Å². The summed E-state index contributed by atoms with van der Waals surface area (Å²) < 4.78 is 0. The highest BCUT2D eigenvalue weighted by Crippen LogP contribution is 2.46. The van der Waals surface area contributed by atoms with Crippen LogP contribution >= 0.6 is 11.8 Å². The maximum atomic E-state index is 10.8. The molecule has 2 fully saturated rings. The van der Waals surface area contributed by atoms with Crippen LogP contribution in [0, 0.1) is 11.8 Å². The normalized spacial score (nSPS) is 32.5. The summed E-state index contributed by atoms with van der Waals surface area (Å²) in [6.45, 7) is 0. The summed E-state index contributed by atoms with van der Waals surface area (Å²) in [5, 5.41) is 9.35. The standard InChI is InChI=1S/C8H12O2S/c9-8(10)7(5-1-2-5)6-3-4-11-6/h5-7H,1-4H2,(H,9,10). The van der Waals surface area contributed by atoms with E-state index < -0.39 is 5.97 Å². The van der Waals surface area contributed by atoms with Gasteiger partial charge in [0.1, 0.15) is 0 Å². The van der Waals surface area contributed by atoms with Gasteiger partial charge in [-0.25, -0.2) is 0 Å². The van der Waals surface area contributed by atoms with E-state index in [0.29, 0.717) is 11.2 Å². The topological polar surface area (TPSA) is 37.3 Å². The molecule has 0 aromatic carbocycles. The van der Waals surface area contributed by atoms with E-state index in [2.05, 4.69) is 0 Å². The number of aliphatic carboxylic acids is 1. The molecule has 2 aliphatic rings. The van der Waals surface area contributed by atoms with Crippen molar-refractivity contribution < 1.29 is 9.90 Å². The number of thioether (sulfide) groups is 1. The molecule has 1 heterocycles. The minimum Gasteiger partial charge on any atom is -0.481 e. The molecule has 0 aromatic heterocycles. The number of hydrogen-bond donors (Lipinski definition) is 1. The Labute approximate surface area is 70.4 Å². The summed E-state index contributed by atoms with van der Waals surface area (Å²) >= 11 is 1.83. The van der Waals surface area contributed by atoms with Crippen LogP contribution in [0.3, 0.4) is 0 Å². The molecule has 11 heavy (non-hydrogen) atoms. The van der Waals surface area contributed by atoms with Gasteiger partial charge in [-0.2, -0.15) is 11.8 Å². The van der Waals surface area contributed by atoms with Crippen molar-refractivity contribution in [1.29, 1.82) is 0 Å². The average molecular weight is 172 g/mol. The van der Waals surface area contributed by atoms with Gasteiger partial charge in [0, 0.05) is 5.25 Å². The first kappa shape index (κ1) is 7.47.